The van der Waals surface area contributed by atoms with E-state index in [4.69, 9.17) is 4.74 Å². The maximum atomic E-state index is 12.5. The number of amides is 3. The summed E-state index contributed by atoms with van der Waals surface area (Å²) >= 11 is 1.29. The van der Waals surface area contributed by atoms with Crippen molar-refractivity contribution < 1.29 is 23.9 Å². The zero-order valence-electron chi connectivity index (χ0n) is 19.3. The number of hydrazine groups is 1. The lowest BCUT2D eigenvalue weighted by Crippen LogP contribution is -2.50. The molecule has 10 heteroatoms. The predicted molar refractivity (Wildman–Crippen MR) is 131 cm³/mol. The normalized spacial score (nSPS) is 13.4. The van der Waals surface area contributed by atoms with Crippen LogP contribution in [-0.4, -0.2) is 28.7 Å². The number of nitrogens with zero attached hydrogens (tertiary/aromatic N) is 3. The van der Waals surface area contributed by atoms with Crippen molar-refractivity contribution in [2.45, 2.75) is 39.7 Å². The molecule has 3 amide bonds. The average Bonchev–Trinajstić information content (AvgIpc) is 3.32. The van der Waals surface area contributed by atoms with Gasteiger partial charge in [0.1, 0.15) is 6.61 Å². The summed E-state index contributed by atoms with van der Waals surface area (Å²) in [4.78, 5) is 54.4. The SMILES string of the molecule is CCc1ccc(N(C(C)=O)c2nc(COC(=O)c3ccc(N4NC(=O)CCC4=O)cc3)cs2)cc1. The fourth-order valence-corrected chi connectivity index (χ4v) is 4.40. The van der Waals surface area contributed by atoms with Crippen molar-refractivity contribution in [1.29, 1.82) is 0 Å². The number of aromatic nitrogens is 1. The van der Waals surface area contributed by atoms with Gasteiger partial charge < -0.3 is 4.74 Å². The molecule has 2 aromatic carbocycles. The Bertz CT molecular complexity index is 1250. The van der Waals surface area contributed by atoms with E-state index in [1.54, 1.807) is 17.5 Å². The highest BCUT2D eigenvalue weighted by Crippen LogP contribution is 2.29. The van der Waals surface area contributed by atoms with E-state index < -0.39 is 5.97 Å². The van der Waals surface area contributed by atoms with Gasteiger partial charge in [-0.1, -0.05) is 19.1 Å². The lowest BCUT2D eigenvalue weighted by Gasteiger charge is -2.27. The van der Waals surface area contributed by atoms with E-state index in [2.05, 4.69) is 17.3 Å². The van der Waals surface area contributed by atoms with Gasteiger partial charge >= 0.3 is 5.97 Å². The summed E-state index contributed by atoms with van der Waals surface area (Å²) in [5.41, 5.74) is 5.67. The number of rotatable bonds is 7. The lowest BCUT2D eigenvalue weighted by molar-refractivity contribution is -0.130. The molecule has 1 N–H and O–H groups in total. The van der Waals surface area contributed by atoms with Gasteiger partial charge in [0.25, 0.3) is 0 Å². The summed E-state index contributed by atoms with van der Waals surface area (Å²) < 4.78 is 5.38. The van der Waals surface area contributed by atoms with Crippen LogP contribution in [0.3, 0.4) is 0 Å². The Kier molecular flexibility index (Phi) is 7.21. The Balaban J connectivity index is 1.39. The summed E-state index contributed by atoms with van der Waals surface area (Å²) in [5, 5.41) is 3.41. The van der Waals surface area contributed by atoms with E-state index in [0.29, 0.717) is 22.1 Å². The molecule has 0 radical (unpaired) electrons. The molecule has 1 aromatic heterocycles. The standard InChI is InChI=1S/C25H24N4O5S/c1-3-17-4-8-20(9-5-17)28(16(2)30)25-26-19(15-35-25)14-34-24(33)18-6-10-21(11-7-18)29-23(32)13-12-22(31)27-29/h4-11,15H,3,12-14H2,1-2H3,(H,27,31). The molecule has 1 aliphatic heterocycles. The molecule has 1 saturated heterocycles. The topological polar surface area (TPSA) is 109 Å². The molecule has 0 saturated carbocycles. The number of aryl methyl sites for hydroxylation is 1. The van der Waals surface area contributed by atoms with Crippen molar-refractivity contribution >= 4 is 51.5 Å². The largest absolute Gasteiger partial charge is 0.456 e. The second-order valence-electron chi connectivity index (χ2n) is 7.88. The van der Waals surface area contributed by atoms with Crippen molar-refractivity contribution in [2.24, 2.45) is 0 Å². The number of benzene rings is 2. The van der Waals surface area contributed by atoms with Crippen LogP contribution in [0.2, 0.25) is 0 Å². The van der Waals surface area contributed by atoms with Gasteiger partial charge in [-0.25, -0.2) is 14.8 Å². The monoisotopic (exact) mass is 492 g/mol. The number of anilines is 3. The Morgan fingerprint density at radius 1 is 1.09 bits per heavy atom. The fourth-order valence-electron chi connectivity index (χ4n) is 3.53. The molecule has 3 aromatic rings. The Labute approximate surface area is 206 Å². The third-order valence-corrected chi connectivity index (χ3v) is 6.29. The van der Waals surface area contributed by atoms with Crippen LogP contribution >= 0.6 is 11.3 Å². The molecule has 0 bridgehead atoms. The molecule has 0 spiro atoms. The van der Waals surface area contributed by atoms with E-state index in [-0.39, 0.29) is 37.2 Å². The second kappa shape index (κ2) is 10.5. The average molecular weight is 493 g/mol. The second-order valence-corrected chi connectivity index (χ2v) is 8.72. The Morgan fingerprint density at radius 2 is 1.80 bits per heavy atom. The van der Waals surface area contributed by atoms with Crippen molar-refractivity contribution in [3.63, 3.8) is 0 Å². The molecular weight excluding hydrogens is 468 g/mol. The van der Waals surface area contributed by atoms with Crippen LogP contribution in [0.15, 0.2) is 53.9 Å². The van der Waals surface area contributed by atoms with Gasteiger partial charge in [0, 0.05) is 25.1 Å². The Morgan fingerprint density at radius 3 is 2.46 bits per heavy atom. The molecule has 35 heavy (non-hydrogen) atoms. The minimum absolute atomic E-state index is 0.0573. The van der Waals surface area contributed by atoms with Gasteiger partial charge in [-0.15, -0.1) is 11.3 Å². The van der Waals surface area contributed by atoms with Gasteiger partial charge in [-0.2, -0.15) is 0 Å². The number of hydrogen-bond acceptors (Lipinski definition) is 7. The van der Waals surface area contributed by atoms with Crippen molar-refractivity contribution in [1.82, 2.24) is 10.4 Å². The van der Waals surface area contributed by atoms with Gasteiger partial charge in [0.2, 0.25) is 17.7 Å². The predicted octanol–water partition coefficient (Wildman–Crippen LogP) is 3.91. The highest BCUT2D eigenvalue weighted by atomic mass is 32.1. The van der Waals surface area contributed by atoms with Crippen LogP contribution in [0.1, 0.15) is 48.3 Å². The van der Waals surface area contributed by atoms with E-state index >= 15 is 0 Å². The Hall–Kier alpha value is -4.05. The third kappa shape index (κ3) is 5.55. The van der Waals surface area contributed by atoms with Crippen molar-refractivity contribution in [2.75, 3.05) is 9.91 Å². The van der Waals surface area contributed by atoms with E-state index in [1.165, 1.54) is 45.9 Å². The summed E-state index contributed by atoms with van der Waals surface area (Å²) in [6.45, 7) is 3.48. The lowest BCUT2D eigenvalue weighted by atomic mass is 10.1. The summed E-state index contributed by atoms with van der Waals surface area (Å²) in [6.07, 6.45) is 1.20. The molecular formula is C25H24N4O5S. The van der Waals surface area contributed by atoms with E-state index in [9.17, 15) is 19.2 Å². The molecule has 0 aliphatic carbocycles. The maximum absolute atomic E-state index is 12.5. The number of carbonyl (C=O) groups excluding carboxylic acids is 4. The van der Waals surface area contributed by atoms with Crippen molar-refractivity contribution in [3.8, 4) is 0 Å². The van der Waals surface area contributed by atoms with Crippen LogP contribution in [0.5, 0.6) is 0 Å². The maximum Gasteiger partial charge on any atom is 0.338 e. The third-order valence-electron chi connectivity index (χ3n) is 5.41. The van der Waals surface area contributed by atoms with Crippen LogP contribution in [0.25, 0.3) is 0 Å². The van der Waals surface area contributed by atoms with Crippen LogP contribution in [-0.2, 0) is 32.1 Å². The van der Waals surface area contributed by atoms with Crippen LogP contribution < -0.4 is 15.3 Å². The number of ether oxygens (including phenoxy) is 1. The van der Waals surface area contributed by atoms with Crippen LogP contribution in [0.4, 0.5) is 16.5 Å². The summed E-state index contributed by atoms with van der Waals surface area (Å²) in [7, 11) is 0. The molecule has 9 nitrogen and oxygen atoms in total. The van der Waals surface area contributed by atoms with Gasteiger partial charge in [-0.05, 0) is 48.4 Å². The van der Waals surface area contributed by atoms with Crippen LogP contribution in [0, 0.1) is 0 Å². The van der Waals surface area contributed by atoms with Gasteiger partial charge in [0.15, 0.2) is 5.13 Å². The number of carbonyl (C=O) groups is 4. The summed E-state index contributed by atoms with van der Waals surface area (Å²) in [5.74, 6) is -1.19. The fraction of sp³-hybridized carbons (Fsp3) is 0.240. The molecule has 180 valence electrons. The first-order chi connectivity index (χ1) is 16.9. The van der Waals surface area contributed by atoms with E-state index in [0.717, 1.165) is 12.1 Å². The first kappa shape index (κ1) is 24.1. The molecule has 0 atom stereocenters. The van der Waals surface area contributed by atoms with Gasteiger partial charge in [-0.3, -0.25) is 24.7 Å². The van der Waals surface area contributed by atoms with E-state index in [1.807, 2.05) is 24.3 Å². The zero-order chi connectivity index (χ0) is 24.9. The minimum atomic E-state index is -0.557. The molecule has 4 rings (SSSR count). The number of nitrogens with one attached hydrogen (secondary N) is 1. The number of thiazole rings is 1. The first-order valence-corrected chi connectivity index (χ1v) is 12.0. The van der Waals surface area contributed by atoms with Crippen molar-refractivity contribution in [3.05, 3.63) is 70.7 Å². The van der Waals surface area contributed by atoms with Gasteiger partial charge in [0.05, 0.1) is 22.6 Å². The highest BCUT2D eigenvalue weighted by molar-refractivity contribution is 7.14. The highest BCUT2D eigenvalue weighted by Gasteiger charge is 2.24. The number of esters is 1. The first-order valence-electron chi connectivity index (χ1n) is 11.1. The molecule has 1 fully saturated rings. The molecule has 1 aliphatic rings. The zero-order valence-corrected chi connectivity index (χ0v) is 20.1. The smallest absolute Gasteiger partial charge is 0.338 e. The quantitative estimate of drug-likeness (QED) is 0.501. The minimum Gasteiger partial charge on any atom is -0.456 e. The molecule has 2 heterocycles. The molecule has 0 unspecified atom stereocenters. The number of hydrogen-bond donors (Lipinski definition) is 1. The summed E-state index contributed by atoms with van der Waals surface area (Å²) in [6, 6.07) is 13.9.